The third-order valence-electron chi connectivity index (χ3n) is 5.43. The molecule has 2 aromatic rings. The Hall–Kier alpha value is -2.37. The van der Waals surface area contributed by atoms with Crippen LogP contribution in [0.15, 0.2) is 48.5 Å². The highest BCUT2D eigenvalue weighted by Crippen LogP contribution is 2.23. The molecular formula is C23H31N3O2. The maximum Gasteiger partial charge on any atom is 0.241 e. The van der Waals surface area contributed by atoms with Crippen molar-refractivity contribution >= 4 is 17.3 Å². The van der Waals surface area contributed by atoms with Crippen LogP contribution in [0, 0.1) is 0 Å². The van der Waals surface area contributed by atoms with Crippen LogP contribution in [0.25, 0.3) is 0 Å². The summed E-state index contributed by atoms with van der Waals surface area (Å²) in [5.41, 5.74) is 4.58. The summed E-state index contributed by atoms with van der Waals surface area (Å²) in [5, 5.41) is 3.03. The summed E-state index contributed by atoms with van der Waals surface area (Å²) in [4.78, 5) is 17.2. The zero-order valence-electron chi connectivity index (χ0n) is 17.1. The molecule has 5 heteroatoms. The average Bonchev–Trinajstić information content (AvgIpc) is 2.74. The molecule has 0 aromatic heterocycles. The van der Waals surface area contributed by atoms with Crippen LogP contribution in [-0.2, 0) is 22.5 Å². The van der Waals surface area contributed by atoms with E-state index in [4.69, 9.17) is 4.74 Å². The van der Waals surface area contributed by atoms with Gasteiger partial charge in [0, 0.05) is 31.0 Å². The van der Waals surface area contributed by atoms with E-state index in [1.807, 2.05) is 26.1 Å². The normalized spacial score (nSPS) is 15.5. The van der Waals surface area contributed by atoms with E-state index in [1.54, 1.807) is 0 Å². The Bertz CT molecular complexity index is 770. The maximum absolute atomic E-state index is 12.7. The van der Waals surface area contributed by atoms with Gasteiger partial charge in [-0.15, -0.1) is 0 Å². The number of ether oxygens (including phenoxy) is 1. The van der Waals surface area contributed by atoms with Crippen molar-refractivity contribution in [1.82, 2.24) is 4.90 Å². The number of anilines is 2. The lowest BCUT2D eigenvalue weighted by atomic mass is 10.1. The van der Waals surface area contributed by atoms with E-state index < -0.39 is 0 Å². The summed E-state index contributed by atoms with van der Waals surface area (Å²) >= 11 is 0. The monoisotopic (exact) mass is 381 g/mol. The highest BCUT2D eigenvalue weighted by molar-refractivity contribution is 5.94. The first-order valence-corrected chi connectivity index (χ1v) is 10.1. The second-order valence-corrected chi connectivity index (χ2v) is 7.36. The molecule has 1 fully saturated rings. The fourth-order valence-corrected chi connectivity index (χ4v) is 3.43. The molecule has 0 saturated carbocycles. The molecule has 5 nitrogen and oxygen atoms in total. The SMILES string of the molecule is CCc1ccc(NC(=O)[C@H](C)N(C)Cc2ccccc2N2CCOCC2)cc1. The van der Waals surface area contributed by atoms with Crippen LogP contribution >= 0.6 is 0 Å². The number of aryl methyl sites for hydroxylation is 1. The Morgan fingerprint density at radius 3 is 2.50 bits per heavy atom. The second-order valence-electron chi connectivity index (χ2n) is 7.36. The van der Waals surface area contributed by atoms with Gasteiger partial charge in [-0.25, -0.2) is 0 Å². The number of carbonyl (C=O) groups excluding carboxylic acids is 1. The number of nitrogens with one attached hydrogen (secondary N) is 1. The Labute approximate surface area is 168 Å². The number of amides is 1. The quantitative estimate of drug-likeness (QED) is 0.797. The van der Waals surface area contributed by atoms with Gasteiger partial charge in [-0.05, 0) is 49.7 Å². The zero-order chi connectivity index (χ0) is 19.9. The van der Waals surface area contributed by atoms with Crippen molar-refractivity contribution in [2.24, 2.45) is 0 Å². The molecule has 28 heavy (non-hydrogen) atoms. The van der Waals surface area contributed by atoms with Gasteiger partial charge in [-0.1, -0.05) is 37.3 Å². The van der Waals surface area contributed by atoms with Gasteiger partial charge < -0.3 is 15.0 Å². The number of benzene rings is 2. The van der Waals surface area contributed by atoms with Gasteiger partial charge in [0.1, 0.15) is 0 Å². The van der Waals surface area contributed by atoms with Crippen molar-refractivity contribution in [3.63, 3.8) is 0 Å². The minimum atomic E-state index is -0.233. The molecule has 2 aromatic carbocycles. The average molecular weight is 382 g/mol. The van der Waals surface area contributed by atoms with Gasteiger partial charge in [0.25, 0.3) is 0 Å². The van der Waals surface area contributed by atoms with Crippen LogP contribution in [0.4, 0.5) is 11.4 Å². The molecule has 1 heterocycles. The van der Waals surface area contributed by atoms with E-state index in [1.165, 1.54) is 16.8 Å². The Kier molecular flexibility index (Phi) is 7.06. The summed E-state index contributed by atoms with van der Waals surface area (Å²) < 4.78 is 5.48. The van der Waals surface area contributed by atoms with Gasteiger partial charge in [0.05, 0.1) is 19.3 Å². The fourth-order valence-electron chi connectivity index (χ4n) is 3.43. The number of carbonyl (C=O) groups is 1. The van der Waals surface area contributed by atoms with Crippen LogP contribution < -0.4 is 10.2 Å². The largest absolute Gasteiger partial charge is 0.378 e. The number of hydrogen-bond acceptors (Lipinski definition) is 4. The molecular weight excluding hydrogens is 350 g/mol. The lowest BCUT2D eigenvalue weighted by Gasteiger charge is -2.32. The molecule has 1 atom stereocenters. The van der Waals surface area contributed by atoms with Gasteiger partial charge >= 0.3 is 0 Å². The van der Waals surface area contributed by atoms with E-state index >= 15 is 0 Å². The Balaban J connectivity index is 1.63. The molecule has 0 radical (unpaired) electrons. The second kappa shape index (κ2) is 9.71. The first-order valence-electron chi connectivity index (χ1n) is 10.1. The number of nitrogens with zero attached hydrogens (tertiary/aromatic N) is 2. The summed E-state index contributed by atoms with van der Waals surface area (Å²) in [7, 11) is 2.00. The van der Waals surface area contributed by atoms with Gasteiger partial charge in [0.15, 0.2) is 0 Å². The highest BCUT2D eigenvalue weighted by atomic mass is 16.5. The minimum absolute atomic E-state index is 0.00982. The number of hydrogen-bond donors (Lipinski definition) is 1. The fraction of sp³-hybridized carbons (Fsp3) is 0.435. The lowest BCUT2D eigenvalue weighted by Crippen LogP contribution is -2.40. The van der Waals surface area contributed by atoms with Gasteiger partial charge in [0.2, 0.25) is 5.91 Å². The van der Waals surface area contributed by atoms with Gasteiger partial charge in [-0.3, -0.25) is 9.69 Å². The number of morpholine rings is 1. The molecule has 1 aliphatic rings. The maximum atomic E-state index is 12.7. The van der Waals surface area contributed by atoms with E-state index in [-0.39, 0.29) is 11.9 Å². The predicted molar refractivity (Wildman–Crippen MR) is 115 cm³/mol. The molecule has 1 aliphatic heterocycles. The molecule has 3 rings (SSSR count). The van der Waals surface area contributed by atoms with E-state index in [0.717, 1.165) is 45.0 Å². The molecule has 0 bridgehead atoms. The molecule has 1 N–H and O–H groups in total. The summed E-state index contributed by atoms with van der Waals surface area (Å²) in [6.07, 6.45) is 0.996. The van der Waals surface area contributed by atoms with Crippen molar-refractivity contribution in [3.8, 4) is 0 Å². The van der Waals surface area contributed by atoms with E-state index in [9.17, 15) is 4.79 Å². The van der Waals surface area contributed by atoms with Crippen molar-refractivity contribution < 1.29 is 9.53 Å². The van der Waals surface area contributed by atoms with Crippen LogP contribution in [0.1, 0.15) is 25.0 Å². The van der Waals surface area contributed by atoms with Crippen molar-refractivity contribution in [3.05, 3.63) is 59.7 Å². The zero-order valence-corrected chi connectivity index (χ0v) is 17.1. The van der Waals surface area contributed by atoms with Gasteiger partial charge in [-0.2, -0.15) is 0 Å². The first kappa shape index (κ1) is 20.4. The highest BCUT2D eigenvalue weighted by Gasteiger charge is 2.21. The summed E-state index contributed by atoms with van der Waals surface area (Å²) in [5.74, 6) is 0.00982. The minimum Gasteiger partial charge on any atom is -0.378 e. The molecule has 1 saturated heterocycles. The van der Waals surface area contributed by atoms with Crippen molar-refractivity contribution in [2.45, 2.75) is 32.9 Å². The third kappa shape index (κ3) is 5.12. The molecule has 0 aliphatic carbocycles. The molecule has 0 spiro atoms. The lowest BCUT2D eigenvalue weighted by molar-refractivity contribution is -0.120. The smallest absolute Gasteiger partial charge is 0.241 e. The van der Waals surface area contributed by atoms with E-state index in [0.29, 0.717) is 0 Å². The number of para-hydroxylation sites is 1. The topological polar surface area (TPSA) is 44.8 Å². The summed E-state index contributed by atoms with van der Waals surface area (Å²) in [6.45, 7) is 8.14. The van der Waals surface area contributed by atoms with Crippen LogP contribution in [-0.4, -0.2) is 50.2 Å². The number of likely N-dealkylation sites (N-methyl/N-ethyl adjacent to an activating group) is 1. The van der Waals surface area contributed by atoms with Crippen LogP contribution in [0.2, 0.25) is 0 Å². The van der Waals surface area contributed by atoms with Crippen molar-refractivity contribution in [2.75, 3.05) is 43.6 Å². The summed E-state index contributed by atoms with van der Waals surface area (Å²) in [6, 6.07) is 16.3. The molecule has 0 unspecified atom stereocenters. The standard InChI is InChI=1S/C23H31N3O2/c1-4-19-9-11-21(12-10-19)24-23(27)18(2)25(3)17-20-7-5-6-8-22(20)26-13-15-28-16-14-26/h5-12,18H,4,13-17H2,1-3H3,(H,24,27)/t18-/m0/s1. The molecule has 150 valence electrons. The Morgan fingerprint density at radius 2 is 1.82 bits per heavy atom. The van der Waals surface area contributed by atoms with E-state index in [2.05, 4.69) is 58.4 Å². The Morgan fingerprint density at radius 1 is 1.14 bits per heavy atom. The molecule has 1 amide bonds. The van der Waals surface area contributed by atoms with Crippen LogP contribution in [0.3, 0.4) is 0 Å². The first-order chi connectivity index (χ1) is 13.6. The van der Waals surface area contributed by atoms with Crippen LogP contribution in [0.5, 0.6) is 0 Å². The number of rotatable bonds is 7. The van der Waals surface area contributed by atoms with Crippen molar-refractivity contribution in [1.29, 1.82) is 0 Å². The third-order valence-corrected chi connectivity index (χ3v) is 5.43. The predicted octanol–water partition coefficient (Wildman–Crippen LogP) is 3.54.